The maximum atomic E-state index is 12.5. The van der Waals surface area contributed by atoms with Crippen molar-refractivity contribution in [2.75, 3.05) is 16.8 Å². The van der Waals surface area contributed by atoms with Gasteiger partial charge in [0.25, 0.3) is 0 Å². The van der Waals surface area contributed by atoms with Crippen molar-refractivity contribution in [3.05, 3.63) is 29.8 Å². The van der Waals surface area contributed by atoms with Crippen molar-refractivity contribution in [2.45, 2.75) is 29.9 Å². The quantitative estimate of drug-likeness (QED) is 0.564. The molecule has 0 bridgehead atoms. The smallest absolute Gasteiger partial charge is 0.231 e. The van der Waals surface area contributed by atoms with Crippen molar-refractivity contribution in [1.29, 1.82) is 0 Å². The summed E-state index contributed by atoms with van der Waals surface area (Å²) in [5, 5.41) is 20.7. The number of amides is 2. The average molecular weight is 405 g/mol. The molecule has 2 aromatic rings. The van der Waals surface area contributed by atoms with Crippen molar-refractivity contribution < 1.29 is 19.5 Å². The van der Waals surface area contributed by atoms with Gasteiger partial charge in [-0.2, -0.15) is 0 Å². The van der Waals surface area contributed by atoms with Crippen LogP contribution in [0.25, 0.3) is 0 Å². The Hall–Kier alpha value is -2.46. The highest BCUT2D eigenvalue weighted by Crippen LogP contribution is 2.30. The SMILES string of the molecule is Cc1cccc(N2C[C@@H](C(=O)Nc3nnc(S[C@H](C)C(=O)[O-])s3)CC2=O)c1. The van der Waals surface area contributed by atoms with E-state index in [0.29, 0.717) is 10.9 Å². The van der Waals surface area contributed by atoms with E-state index in [1.165, 1.54) is 6.92 Å². The second-order valence-corrected chi connectivity index (χ2v) is 8.75. The van der Waals surface area contributed by atoms with Crippen LogP contribution < -0.4 is 15.3 Å². The standard InChI is InChI=1S/C17H18N4O4S2/c1-9-4-3-5-12(6-9)21-8-11(7-13(21)22)14(23)18-16-19-20-17(27-16)26-10(2)15(24)25/h3-6,10-11H,7-8H2,1-2H3,(H,24,25)(H,18,19,23)/p-1/t10-,11+/m1/s1. The van der Waals surface area contributed by atoms with Gasteiger partial charge in [-0.25, -0.2) is 0 Å². The van der Waals surface area contributed by atoms with Gasteiger partial charge >= 0.3 is 0 Å². The lowest BCUT2D eigenvalue weighted by atomic mass is 10.1. The van der Waals surface area contributed by atoms with Gasteiger partial charge < -0.3 is 20.1 Å². The number of hydrogen-bond donors (Lipinski definition) is 1. The third-order valence-electron chi connectivity index (χ3n) is 4.06. The first kappa shape index (κ1) is 19.3. The van der Waals surface area contributed by atoms with E-state index in [4.69, 9.17) is 0 Å². The van der Waals surface area contributed by atoms with E-state index in [-0.39, 0.29) is 23.4 Å². The molecule has 0 saturated carbocycles. The molecular formula is C17H17N4O4S2-. The number of nitrogens with one attached hydrogen (secondary N) is 1. The van der Waals surface area contributed by atoms with Gasteiger partial charge in [0.1, 0.15) is 0 Å². The van der Waals surface area contributed by atoms with Crippen molar-refractivity contribution in [1.82, 2.24) is 10.2 Å². The number of rotatable bonds is 6. The van der Waals surface area contributed by atoms with Gasteiger partial charge in [0, 0.05) is 23.9 Å². The monoisotopic (exact) mass is 405 g/mol. The Bertz CT molecular complexity index is 885. The van der Waals surface area contributed by atoms with E-state index in [9.17, 15) is 19.5 Å². The Morgan fingerprint density at radius 3 is 2.89 bits per heavy atom. The molecule has 2 amide bonds. The Kier molecular flexibility index (Phi) is 5.76. The molecule has 2 atom stereocenters. The highest BCUT2D eigenvalue weighted by Gasteiger charge is 2.35. The lowest BCUT2D eigenvalue weighted by Gasteiger charge is -2.17. The molecule has 1 saturated heterocycles. The molecule has 1 aliphatic heterocycles. The molecule has 2 heterocycles. The fourth-order valence-corrected chi connectivity index (χ4v) is 4.47. The lowest BCUT2D eigenvalue weighted by Crippen LogP contribution is -2.31. The van der Waals surface area contributed by atoms with Gasteiger partial charge in [0.2, 0.25) is 16.9 Å². The van der Waals surface area contributed by atoms with E-state index >= 15 is 0 Å². The summed E-state index contributed by atoms with van der Waals surface area (Å²) in [6, 6.07) is 7.57. The predicted octanol–water partition coefficient (Wildman–Crippen LogP) is 1.07. The van der Waals surface area contributed by atoms with Crippen LogP contribution in [0.1, 0.15) is 18.9 Å². The number of nitrogens with zero attached hydrogens (tertiary/aromatic N) is 3. The van der Waals surface area contributed by atoms with Crippen molar-refractivity contribution in [2.24, 2.45) is 5.92 Å². The molecule has 8 nitrogen and oxygen atoms in total. The minimum absolute atomic E-state index is 0.1000. The zero-order valence-electron chi connectivity index (χ0n) is 14.7. The first-order chi connectivity index (χ1) is 12.8. The van der Waals surface area contributed by atoms with Crippen LogP contribution in [0.15, 0.2) is 28.6 Å². The maximum absolute atomic E-state index is 12.5. The van der Waals surface area contributed by atoms with E-state index in [0.717, 1.165) is 34.3 Å². The number of aryl methyl sites for hydroxylation is 1. The lowest BCUT2D eigenvalue weighted by molar-refractivity contribution is -0.304. The molecule has 10 heteroatoms. The number of benzene rings is 1. The molecule has 1 aromatic heterocycles. The zero-order valence-corrected chi connectivity index (χ0v) is 16.3. The third kappa shape index (κ3) is 4.64. The summed E-state index contributed by atoms with van der Waals surface area (Å²) in [6.07, 6.45) is 0.127. The minimum Gasteiger partial charge on any atom is -0.549 e. The number of anilines is 2. The van der Waals surface area contributed by atoms with E-state index in [2.05, 4.69) is 15.5 Å². The molecule has 0 spiro atoms. The Labute approximate surface area is 164 Å². The van der Waals surface area contributed by atoms with Gasteiger partial charge in [-0.15, -0.1) is 10.2 Å². The highest BCUT2D eigenvalue weighted by molar-refractivity contribution is 8.02. The third-order valence-corrected chi connectivity index (χ3v) is 6.06. The first-order valence-electron chi connectivity index (χ1n) is 8.22. The summed E-state index contributed by atoms with van der Waals surface area (Å²) in [5.41, 5.74) is 1.82. The van der Waals surface area contributed by atoms with Gasteiger partial charge in [0.15, 0.2) is 4.34 Å². The van der Waals surface area contributed by atoms with Crippen LogP contribution >= 0.6 is 23.1 Å². The first-order valence-corrected chi connectivity index (χ1v) is 9.92. The molecule has 0 aliphatic carbocycles. The average Bonchev–Trinajstić information content (AvgIpc) is 3.21. The number of thioether (sulfide) groups is 1. The molecular weight excluding hydrogens is 388 g/mol. The van der Waals surface area contributed by atoms with E-state index in [1.807, 2.05) is 31.2 Å². The fourth-order valence-electron chi connectivity index (χ4n) is 2.64. The summed E-state index contributed by atoms with van der Waals surface area (Å²) in [4.78, 5) is 37.2. The van der Waals surface area contributed by atoms with Crippen molar-refractivity contribution in [3.8, 4) is 0 Å². The van der Waals surface area contributed by atoms with Crippen LogP contribution in [0.5, 0.6) is 0 Å². The number of hydrogen-bond acceptors (Lipinski definition) is 8. The topological polar surface area (TPSA) is 115 Å². The molecule has 142 valence electrons. The molecule has 1 N–H and O–H groups in total. The summed E-state index contributed by atoms with van der Waals surface area (Å²) < 4.78 is 0.422. The summed E-state index contributed by atoms with van der Waals surface area (Å²) >= 11 is 2.09. The number of carbonyl (C=O) groups excluding carboxylic acids is 3. The molecule has 0 unspecified atom stereocenters. The number of carbonyl (C=O) groups is 3. The van der Waals surface area contributed by atoms with Crippen LogP contribution in [0, 0.1) is 12.8 Å². The second kappa shape index (κ2) is 8.05. The molecule has 1 aliphatic rings. The Morgan fingerprint density at radius 2 is 2.19 bits per heavy atom. The Balaban J connectivity index is 1.61. The molecule has 3 rings (SSSR count). The van der Waals surface area contributed by atoms with E-state index in [1.54, 1.807) is 4.90 Å². The fraction of sp³-hybridized carbons (Fsp3) is 0.353. The van der Waals surface area contributed by atoms with Crippen LogP contribution in [0.2, 0.25) is 0 Å². The largest absolute Gasteiger partial charge is 0.549 e. The number of aromatic nitrogens is 2. The predicted molar refractivity (Wildman–Crippen MR) is 101 cm³/mol. The molecule has 1 aromatic carbocycles. The number of carboxylic acid groups (broad SMARTS) is 1. The van der Waals surface area contributed by atoms with E-state index < -0.39 is 17.1 Å². The summed E-state index contributed by atoms with van der Waals surface area (Å²) in [5.74, 6) is -2.09. The summed E-state index contributed by atoms with van der Waals surface area (Å²) in [6.45, 7) is 3.74. The normalized spacial score (nSPS) is 17.8. The van der Waals surface area contributed by atoms with Crippen molar-refractivity contribution >= 4 is 51.7 Å². The van der Waals surface area contributed by atoms with Gasteiger partial charge in [-0.1, -0.05) is 35.2 Å². The van der Waals surface area contributed by atoms with Crippen LogP contribution in [-0.2, 0) is 14.4 Å². The number of aliphatic carboxylic acids is 1. The van der Waals surface area contributed by atoms with Gasteiger partial charge in [-0.3, -0.25) is 9.59 Å². The number of carboxylic acids is 1. The second-order valence-electron chi connectivity index (χ2n) is 6.19. The van der Waals surface area contributed by atoms with Gasteiger partial charge in [0.05, 0.1) is 11.9 Å². The highest BCUT2D eigenvalue weighted by atomic mass is 32.2. The summed E-state index contributed by atoms with van der Waals surface area (Å²) in [7, 11) is 0. The van der Waals surface area contributed by atoms with Crippen molar-refractivity contribution in [3.63, 3.8) is 0 Å². The van der Waals surface area contributed by atoms with Crippen LogP contribution in [-0.4, -0.2) is 39.8 Å². The van der Waals surface area contributed by atoms with Gasteiger partial charge in [-0.05, 0) is 31.5 Å². The van der Waals surface area contributed by atoms with Crippen LogP contribution in [0.3, 0.4) is 0 Å². The molecule has 0 radical (unpaired) electrons. The van der Waals surface area contributed by atoms with Crippen LogP contribution in [0.4, 0.5) is 10.8 Å². The molecule has 1 fully saturated rings. The maximum Gasteiger partial charge on any atom is 0.231 e. The minimum atomic E-state index is -1.19. The zero-order chi connectivity index (χ0) is 19.6. The molecule has 27 heavy (non-hydrogen) atoms. The Morgan fingerprint density at radius 1 is 1.41 bits per heavy atom.